The van der Waals surface area contributed by atoms with Gasteiger partial charge in [0.15, 0.2) is 11.5 Å². The fraction of sp³-hybridized carbons (Fsp3) is 0.350. The van der Waals surface area contributed by atoms with Gasteiger partial charge < -0.3 is 24.4 Å². The molecule has 2 aliphatic heterocycles. The van der Waals surface area contributed by atoms with Gasteiger partial charge in [0, 0.05) is 17.3 Å². The van der Waals surface area contributed by atoms with Gasteiger partial charge in [0.05, 0.1) is 12.7 Å². The van der Waals surface area contributed by atoms with Crippen molar-refractivity contribution in [3.8, 4) is 17.2 Å². The number of carbonyl (C=O) groups excluding carboxylic acids is 1. The van der Waals surface area contributed by atoms with Crippen LogP contribution in [0.3, 0.4) is 0 Å². The summed E-state index contributed by atoms with van der Waals surface area (Å²) in [4.78, 5) is 15.1. The summed E-state index contributed by atoms with van der Waals surface area (Å²) >= 11 is 0. The molecule has 0 aliphatic carbocycles. The van der Waals surface area contributed by atoms with E-state index < -0.39 is 0 Å². The Morgan fingerprint density at radius 3 is 2.88 bits per heavy atom. The second-order valence-electron chi connectivity index (χ2n) is 6.52. The first-order valence-electron chi connectivity index (χ1n) is 8.79. The van der Waals surface area contributed by atoms with Gasteiger partial charge in [-0.15, -0.1) is 0 Å². The maximum Gasteiger partial charge on any atom is 0.258 e. The van der Waals surface area contributed by atoms with Crippen molar-refractivity contribution in [1.29, 1.82) is 0 Å². The van der Waals surface area contributed by atoms with Gasteiger partial charge in [0.2, 0.25) is 12.5 Å². The molecule has 6 heteroatoms. The average molecular weight is 354 g/mol. The van der Waals surface area contributed by atoms with E-state index in [1.54, 1.807) is 7.11 Å². The molecule has 0 unspecified atom stereocenters. The topological polar surface area (TPSA) is 60.0 Å². The Balaban J connectivity index is 1.82. The Labute approximate surface area is 152 Å². The largest absolute Gasteiger partial charge is 0.493 e. The van der Waals surface area contributed by atoms with E-state index in [0.717, 1.165) is 17.7 Å². The molecule has 2 aliphatic rings. The van der Waals surface area contributed by atoms with Crippen molar-refractivity contribution in [2.45, 2.75) is 32.5 Å². The molecule has 26 heavy (non-hydrogen) atoms. The zero-order chi connectivity index (χ0) is 18.3. The Kier molecular flexibility index (Phi) is 4.11. The maximum atomic E-state index is 13.2. The second-order valence-corrected chi connectivity index (χ2v) is 6.52. The van der Waals surface area contributed by atoms with Gasteiger partial charge in [-0.1, -0.05) is 19.1 Å². The van der Waals surface area contributed by atoms with Crippen molar-refractivity contribution in [1.82, 2.24) is 4.90 Å². The molecule has 0 saturated carbocycles. The zero-order valence-electron chi connectivity index (χ0n) is 15.1. The highest BCUT2D eigenvalue weighted by atomic mass is 16.7. The van der Waals surface area contributed by atoms with Crippen LogP contribution >= 0.6 is 0 Å². The molecule has 2 heterocycles. The maximum absolute atomic E-state index is 13.2. The first kappa shape index (κ1) is 16.6. The summed E-state index contributed by atoms with van der Waals surface area (Å²) in [5.74, 6) is 1.87. The van der Waals surface area contributed by atoms with E-state index in [1.165, 1.54) is 0 Å². The molecule has 1 amide bonds. The number of ether oxygens (including phenoxy) is 3. The lowest BCUT2D eigenvalue weighted by Crippen LogP contribution is -2.47. The number of para-hydroxylation sites is 1. The number of benzene rings is 2. The van der Waals surface area contributed by atoms with Crippen LogP contribution in [0, 0.1) is 0 Å². The normalized spacial score (nSPS) is 19.0. The number of nitrogens with one attached hydrogen (secondary N) is 1. The van der Waals surface area contributed by atoms with Crippen LogP contribution in [0.2, 0.25) is 0 Å². The number of anilines is 1. The molecule has 0 saturated heterocycles. The quantitative estimate of drug-likeness (QED) is 0.905. The van der Waals surface area contributed by atoms with E-state index in [2.05, 4.69) is 19.2 Å². The molecule has 1 N–H and O–H groups in total. The first-order valence-corrected chi connectivity index (χ1v) is 8.79. The van der Waals surface area contributed by atoms with Crippen molar-refractivity contribution in [2.24, 2.45) is 0 Å². The van der Waals surface area contributed by atoms with Crippen LogP contribution in [-0.2, 0) is 0 Å². The van der Waals surface area contributed by atoms with Crippen molar-refractivity contribution >= 4 is 11.6 Å². The van der Waals surface area contributed by atoms with E-state index >= 15 is 0 Å². The third-order valence-corrected chi connectivity index (χ3v) is 5.02. The minimum Gasteiger partial charge on any atom is -0.493 e. The van der Waals surface area contributed by atoms with Crippen molar-refractivity contribution in [3.05, 3.63) is 47.5 Å². The number of rotatable bonds is 4. The smallest absolute Gasteiger partial charge is 0.258 e. The predicted octanol–water partition coefficient (Wildman–Crippen LogP) is 3.79. The number of hydrogen-bond donors (Lipinski definition) is 1. The summed E-state index contributed by atoms with van der Waals surface area (Å²) < 4.78 is 16.5. The van der Waals surface area contributed by atoms with Gasteiger partial charge in [-0.3, -0.25) is 4.79 Å². The van der Waals surface area contributed by atoms with E-state index in [-0.39, 0.29) is 24.9 Å². The Hall–Kier alpha value is -2.89. The molecule has 136 valence electrons. The van der Waals surface area contributed by atoms with E-state index in [4.69, 9.17) is 14.2 Å². The predicted molar refractivity (Wildman–Crippen MR) is 97.8 cm³/mol. The third-order valence-electron chi connectivity index (χ3n) is 5.02. The lowest BCUT2D eigenvalue weighted by atomic mass is 10.00. The summed E-state index contributed by atoms with van der Waals surface area (Å²) in [5.41, 5.74) is 2.42. The van der Waals surface area contributed by atoms with Gasteiger partial charge in [0.1, 0.15) is 6.17 Å². The highest BCUT2D eigenvalue weighted by Gasteiger charge is 2.36. The number of nitrogens with zero attached hydrogens (tertiary/aromatic N) is 1. The molecule has 0 aromatic heterocycles. The molecule has 2 aromatic carbocycles. The fourth-order valence-corrected chi connectivity index (χ4v) is 3.47. The SMILES string of the molecule is CC[C@@H](C)N1C(=O)c2ccccc2N[C@@H]1c1cc(OC)c2c(c1)OCO2. The summed E-state index contributed by atoms with van der Waals surface area (Å²) in [7, 11) is 1.60. The summed E-state index contributed by atoms with van der Waals surface area (Å²) in [6.45, 7) is 4.31. The zero-order valence-corrected chi connectivity index (χ0v) is 15.1. The molecule has 0 spiro atoms. The van der Waals surface area contributed by atoms with Gasteiger partial charge >= 0.3 is 0 Å². The van der Waals surface area contributed by atoms with E-state index in [9.17, 15) is 4.79 Å². The summed E-state index contributed by atoms with van der Waals surface area (Å²) in [5, 5.41) is 3.50. The molecule has 0 radical (unpaired) electrons. The van der Waals surface area contributed by atoms with Crippen LogP contribution in [0.15, 0.2) is 36.4 Å². The van der Waals surface area contributed by atoms with Crippen molar-refractivity contribution in [3.63, 3.8) is 0 Å². The second kappa shape index (κ2) is 6.44. The highest BCUT2D eigenvalue weighted by molar-refractivity contribution is 6.01. The molecule has 6 nitrogen and oxygen atoms in total. The third kappa shape index (κ3) is 2.53. The monoisotopic (exact) mass is 354 g/mol. The molecule has 0 bridgehead atoms. The molecule has 2 atom stereocenters. The minimum atomic E-state index is -0.309. The van der Waals surface area contributed by atoms with Crippen LogP contribution in [0.25, 0.3) is 0 Å². The van der Waals surface area contributed by atoms with Crippen molar-refractivity contribution < 1.29 is 19.0 Å². The van der Waals surface area contributed by atoms with Gasteiger partial charge in [-0.05, 0) is 37.6 Å². The van der Waals surface area contributed by atoms with Gasteiger partial charge in [-0.2, -0.15) is 0 Å². The Bertz CT molecular complexity index is 852. The number of methoxy groups -OCH3 is 1. The first-order chi connectivity index (χ1) is 12.6. The number of amides is 1. The van der Waals surface area contributed by atoms with Crippen LogP contribution in [0.5, 0.6) is 17.2 Å². The number of carbonyl (C=O) groups is 1. The van der Waals surface area contributed by atoms with Crippen LogP contribution < -0.4 is 19.5 Å². The summed E-state index contributed by atoms with van der Waals surface area (Å²) in [6, 6.07) is 11.5. The Morgan fingerprint density at radius 1 is 1.31 bits per heavy atom. The average Bonchev–Trinajstić information content (AvgIpc) is 3.15. The summed E-state index contributed by atoms with van der Waals surface area (Å²) in [6.07, 6.45) is 0.545. The Morgan fingerprint density at radius 2 is 2.12 bits per heavy atom. The van der Waals surface area contributed by atoms with Crippen LogP contribution in [0.1, 0.15) is 42.4 Å². The van der Waals surface area contributed by atoms with Crippen molar-refractivity contribution in [2.75, 3.05) is 19.2 Å². The van der Waals surface area contributed by atoms with Gasteiger partial charge in [0.25, 0.3) is 5.91 Å². The number of fused-ring (bicyclic) bond motifs is 2. The fourth-order valence-electron chi connectivity index (χ4n) is 3.47. The molecular formula is C20H22N2O4. The van der Waals surface area contributed by atoms with Crippen LogP contribution in [-0.4, -0.2) is 30.8 Å². The standard InChI is InChI=1S/C20H22N2O4/c1-4-12(2)22-19(21-15-8-6-5-7-14(15)20(22)23)13-9-16(24-3)18-17(10-13)25-11-26-18/h5-10,12,19,21H,4,11H2,1-3H3/t12-,19+/m1/s1. The molecule has 0 fully saturated rings. The molecule has 4 rings (SSSR count). The van der Waals surface area contributed by atoms with Crippen LogP contribution in [0.4, 0.5) is 5.69 Å². The molecule has 2 aromatic rings. The molecular weight excluding hydrogens is 332 g/mol. The van der Waals surface area contributed by atoms with E-state index in [0.29, 0.717) is 22.8 Å². The van der Waals surface area contributed by atoms with Gasteiger partial charge in [-0.25, -0.2) is 0 Å². The highest BCUT2D eigenvalue weighted by Crippen LogP contribution is 2.45. The lowest BCUT2D eigenvalue weighted by Gasteiger charge is -2.41. The van der Waals surface area contributed by atoms with E-state index in [1.807, 2.05) is 41.3 Å². The lowest BCUT2D eigenvalue weighted by molar-refractivity contribution is 0.0593. The minimum absolute atomic E-state index is 0.0235. The number of hydrogen-bond acceptors (Lipinski definition) is 5.